The highest BCUT2D eigenvalue weighted by molar-refractivity contribution is 5.89. The summed E-state index contributed by atoms with van der Waals surface area (Å²) >= 11 is 0. The Labute approximate surface area is 145 Å². The fourth-order valence-corrected chi connectivity index (χ4v) is 2.75. The summed E-state index contributed by atoms with van der Waals surface area (Å²) in [6, 6.07) is 1.83. The zero-order valence-corrected chi connectivity index (χ0v) is 14.4. The van der Waals surface area contributed by atoms with Crippen LogP contribution in [0.5, 0.6) is 0 Å². The summed E-state index contributed by atoms with van der Waals surface area (Å²) in [5.41, 5.74) is 0.868. The molecule has 0 atom stereocenters. The highest BCUT2D eigenvalue weighted by Gasteiger charge is 2.25. The van der Waals surface area contributed by atoms with Crippen molar-refractivity contribution in [3.05, 3.63) is 53.1 Å². The van der Waals surface area contributed by atoms with E-state index in [4.69, 9.17) is 0 Å². The molecule has 1 aliphatic heterocycles. The zero-order chi connectivity index (χ0) is 18.2. The fourth-order valence-electron chi connectivity index (χ4n) is 2.75. The summed E-state index contributed by atoms with van der Waals surface area (Å²) < 4.78 is 27.7. The van der Waals surface area contributed by atoms with E-state index in [2.05, 4.69) is 15.3 Å². The lowest BCUT2D eigenvalue weighted by atomic mass is 9.96. The first-order valence-electron chi connectivity index (χ1n) is 8.10. The van der Waals surface area contributed by atoms with Crippen molar-refractivity contribution in [1.29, 1.82) is 0 Å². The molecule has 5 nitrogen and oxygen atoms in total. The topological polar surface area (TPSA) is 58.1 Å². The van der Waals surface area contributed by atoms with Gasteiger partial charge in [0.25, 0.3) is 0 Å². The van der Waals surface area contributed by atoms with Gasteiger partial charge in [-0.3, -0.25) is 0 Å². The average Bonchev–Trinajstić information content (AvgIpc) is 2.57. The van der Waals surface area contributed by atoms with Crippen molar-refractivity contribution in [2.75, 3.05) is 11.9 Å². The number of carbonyl (C=O) groups excluding carboxylic acids is 1. The molecule has 7 heteroatoms. The van der Waals surface area contributed by atoms with Crippen molar-refractivity contribution in [3.63, 3.8) is 0 Å². The molecule has 0 saturated heterocycles. The van der Waals surface area contributed by atoms with Crippen molar-refractivity contribution in [2.45, 2.75) is 39.2 Å². The molecule has 2 aromatic rings. The van der Waals surface area contributed by atoms with Gasteiger partial charge in [-0.25, -0.2) is 23.5 Å². The van der Waals surface area contributed by atoms with Crippen LogP contribution in [0.15, 0.2) is 24.5 Å². The number of halogens is 2. The summed E-state index contributed by atoms with van der Waals surface area (Å²) in [7, 11) is 0. The van der Waals surface area contributed by atoms with E-state index < -0.39 is 11.6 Å². The van der Waals surface area contributed by atoms with Gasteiger partial charge in [0, 0.05) is 17.5 Å². The van der Waals surface area contributed by atoms with Crippen LogP contribution >= 0.6 is 0 Å². The maximum atomic E-state index is 13.9. The quantitative estimate of drug-likeness (QED) is 0.858. The summed E-state index contributed by atoms with van der Waals surface area (Å²) in [6.07, 6.45) is 3.37. The monoisotopic (exact) mass is 346 g/mol. The molecule has 1 N–H and O–H groups in total. The minimum absolute atomic E-state index is 0.0334. The summed E-state index contributed by atoms with van der Waals surface area (Å²) in [4.78, 5) is 22.4. The van der Waals surface area contributed by atoms with Gasteiger partial charge in [-0.2, -0.15) is 0 Å². The van der Waals surface area contributed by atoms with Gasteiger partial charge in [0.2, 0.25) is 0 Å². The lowest BCUT2D eigenvalue weighted by Gasteiger charge is -2.29. The van der Waals surface area contributed by atoms with E-state index in [1.807, 2.05) is 20.8 Å². The molecule has 1 aromatic carbocycles. The number of hydrogen-bond acceptors (Lipinski definition) is 3. The molecule has 0 radical (unpaired) electrons. The van der Waals surface area contributed by atoms with Gasteiger partial charge in [0.05, 0.1) is 24.6 Å². The van der Waals surface area contributed by atoms with Crippen molar-refractivity contribution < 1.29 is 13.6 Å². The van der Waals surface area contributed by atoms with Gasteiger partial charge >= 0.3 is 6.03 Å². The molecule has 0 bridgehead atoms. The van der Waals surface area contributed by atoms with Crippen LogP contribution in [0.1, 0.15) is 37.7 Å². The first-order valence-corrected chi connectivity index (χ1v) is 8.10. The molecule has 3 rings (SSSR count). The van der Waals surface area contributed by atoms with Gasteiger partial charge in [-0.05, 0) is 24.1 Å². The second-order valence-electron chi connectivity index (χ2n) is 7.13. The van der Waals surface area contributed by atoms with Crippen LogP contribution in [0.2, 0.25) is 0 Å². The molecule has 1 aliphatic rings. The molecule has 132 valence electrons. The van der Waals surface area contributed by atoms with Gasteiger partial charge in [-0.1, -0.05) is 20.8 Å². The molecule has 2 amide bonds. The Bertz CT molecular complexity index is 800. The molecular formula is C18H20F2N4O. The number of fused-ring (bicyclic) bond motifs is 1. The highest BCUT2D eigenvalue weighted by Crippen LogP contribution is 2.25. The van der Waals surface area contributed by atoms with Crippen molar-refractivity contribution in [1.82, 2.24) is 14.9 Å². The summed E-state index contributed by atoms with van der Waals surface area (Å²) in [6.45, 7) is 6.35. The van der Waals surface area contributed by atoms with Crippen LogP contribution in [-0.2, 0) is 18.4 Å². The van der Waals surface area contributed by atoms with Crippen LogP contribution < -0.4 is 5.32 Å². The predicted molar refractivity (Wildman–Crippen MR) is 90.2 cm³/mol. The summed E-state index contributed by atoms with van der Waals surface area (Å²) in [5.74, 6) is -0.246. The van der Waals surface area contributed by atoms with Gasteiger partial charge in [0.1, 0.15) is 17.5 Å². The number of aromatic nitrogens is 2. The van der Waals surface area contributed by atoms with Crippen LogP contribution in [0.4, 0.5) is 19.3 Å². The number of urea groups is 1. The maximum absolute atomic E-state index is 13.9. The number of hydrogen-bond donors (Lipinski definition) is 1. The normalized spacial score (nSPS) is 14.2. The number of amides is 2. The molecule has 0 unspecified atom stereocenters. The largest absolute Gasteiger partial charge is 0.322 e. The van der Waals surface area contributed by atoms with Gasteiger partial charge in [-0.15, -0.1) is 0 Å². The number of benzene rings is 1. The molecule has 0 aliphatic carbocycles. The lowest BCUT2D eigenvalue weighted by molar-refractivity contribution is 0.204. The van der Waals surface area contributed by atoms with Crippen LogP contribution in [0.3, 0.4) is 0 Å². The Balaban J connectivity index is 1.71. The third kappa shape index (κ3) is 3.60. The van der Waals surface area contributed by atoms with E-state index in [-0.39, 0.29) is 30.0 Å². The molecule has 1 aromatic heterocycles. The number of anilines is 1. The van der Waals surface area contributed by atoms with Crippen molar-refractivity contribution >= 4 is 11.7 Å². The number of rotatable bonds is 1. The number of nitrogens with zero attached hydrogens (tertiary/aromatic N) is 3. The van der Waals surface area contributed by atoms with E-state index in [1.165, 1.54) is 4.90 Å². The number of carbonyl (C=O) groups is 1. The van der Waals surface area contributed by atoms with E-state index in [0.717, 1.165) is 12.1 Å². The van der Waals surface area contributed by atoms with Gasteiger partial charge in [0.15, 0.2) is 0 Å². The lowest BCUT2D eigenvalue weighted by Crippen LogP contribution is -2.39. The van der Waals surface area contributed by atoms with E-state index in [9.17, 15) is 13.6 Å². The molecule has 0 saturated carbocycles. The molecule has 0 fully saturated rings. The smallest absolute Gasteiger partial charge is 0.320 e. The first-order chi connectivity index (χ1) is 11.8. The van der Waals surface area contributed by atoms with Crippen molar-refractivity contribution in [3.8, 4) is 0 Å². The second kappa shape index (κ2) is 6.38. The van der Waals surface area contributed by atoms with Crippen molar-refractivity contribution in [2.24, 2.45) is 0 Å². The Morgan fingerprint density at radius 2 is 1.72 bits per heavy atom. The third-order valence-corrected chi connectivity index (χ3v) is 4.16. The van der Waals surface area contributed by atoms with E-state index in [0.29, 0.717) is 23.6 Å². The third-order valence-electron chi connectivity index (χ3n) is 4.16. The minimum Gasteiger partial charge on any atom is -0.320 e. The van der Waals surface area contributed by atoms with Crippen LogP contribution in [0, 0.1) is 11.6 Å². The Kier molecular flexibility index (Phi) is 4.41. The van der Waals surface area contributed by atoms with Crippen LogP contribution in [-0.4, -0.2) is 27.4 Å². The second-order valence-corrected chi connectivity index (χ2v) is 7.13. The van der Waals surface area contributed by atoms with Crippen LogP contribution in [0.25, 0.3) is 0 Å². The van der Waals surface area contributed by atoms with Gasteiger partial charge < -0.3 is 10.2 Å². The minimum atomic E-state index is -0.494. The Hall–Kier alpha value is -2.57. The number of nitrogens with one attached hydrogen (secondary N) is 1. The molecule has 25 heavy (non-hydrogen) atoms. The summed E-state index contributed by atoms with van der Waals surface area (Å²) in [5, 5.41) is 2.70. The average molecular weight is 346 g/mol. The predicted octanol–water partition coefficient (Wildman–Crippen LogP) is 3.64. The standard InChI is InChI=1S/C18H20F2N4O/c1-18(2,3)16-21-8-11(9-22-16)23-17(25)24-7-6-12-13(10-24)15(20)5-4-14(12)19/h4-5,8-9H,6-7,10H2,1-3H3,(H,23,25). The SMILES string of the molecule is CC(C)(C)c1ncc(NC(=O)N2CCc3c(F)ccc(F)c3C2)cn1. The zero-order valence-electron chi connectivity index (χ0n) is 14.4. The maximum Gasteiger partial charge on any atom is 0.322 e. The molecular weight excluding hydrogens is 326 g/mol. The Morgan fingerprint density at radius 1 is 1.12 bits per heavy atom. The molecule has 0 spiro atoms. The Morgan fingerprint density at radius 3 is 2.32 bits per heavy atom. The fraction of sp³-hybridized carbons (Fsp3) is 0.389. The van der Waals surface area contributed by atoms with E-state index >= 15 is 0 Å². The highest BCUT2D eigenvalue weighted by atomic mass is 19.1. The molecule has 2 heterocycles. The first kappa shape index (κ1) is 17.3. The van der Waals surface area contributed by atoms with E-state index in [1.54, 1.807) is 12.4 Å².